The first-order valence-electron chi connectivity index (χ1n) is 6.24. The fraction of sp³-hybridized carbons (Fsp3) is 0.286. The molecule has 0 saturated heterocycles. The van der Waals surface area contributed by atoms with Crippen LogP contribution in [0.1, 0.15) is 19.0 Å². The number of nitrogens with one attached hydrogen (secondary N) is 1. The summed E-state index contributed by atoms with van der Waals surface area (Å²) < 4.78 is 2.69. The second-order valence-electron chi connectivity index (χ2n) is 4.27. The first-order valence-corrected chi connectivity index (χ1v) is 7.03. The number of anilines is 1. The lowest BCUT2D eigenvalue weighted by molar-refractivity contribution is 0.655. The van der Waals surface area contributed by atoms with Gasteiger partial charge in [0, 0.05) is 29.5 Å². The average molecular weight is 322 g/mol. The Morgan fingerprint density at radius 1 is 1.32 bits per heavy atom. The number of hydrogen-bond donors (Lipinski definition) is 1. The van der Waals surface area contributed by atoms with Crippen LogP contribution in [0.25, 0.3) is 0 Å². The Hall–Kier alpha value is -1.62. The summed E-state index contributed by atoms with van der Waals surface area (Å²) in [6.45, 7) is 3.43. The maximum absolute atomic E-state index is 11.6. The Morgan fingerprint density at radius 2 is 2.16 bits per heavy atom. The van der Waals surface area contributed by atoms with E-state index in [1.807, 2.05) is 18.3 Å². The Bertz CT molecular complexity index is 592. The van der Waals surface area contributed by atoms with E-state index in [-0.39, 0.29) is 5.56 Å². The van der Waals surface area contributed by atoms with Gasteiger partial charge in [0.15, 0.2) is 0 Å². The third kappa shape index (κ3) is 3.92. The van der Waals surface area contributed by atoms with Crippen LogP contribution in [0.15, 0.2) is 45.9 Å². The molecule has 0 saturated carbocycles. The van der Waals surface area contributed by atoms with Gasteiger partial charge < -0.3 is 9.88 Å². The number of aryl methyl sites for hydroxylation is 1. The summed E-state index contributed by atoms with van der Waals surface area (Å²) in [5.41, 5.74) is 1.92. The van der Waals surface area contributed by atoms with Crippen LogP contribution in [-0.4, -0.2) is 9.55 Å². The van der Waals surface area contributed by atoms with Gasteiger partial charge in [0.05, 0.1) is 17.9 Å². The van der Waals surface area contributed by atoms with Gasteiger partial charge in [0.1, 0.15) is 0 Å². The summed E-state index contributed by atoms with van der Waals surface area (Å²) in [6, 6.07) is 7.31. The lowest BCUT2D eigenvalue weighted by atomic mass is 10.3. The van der Waals surface area contributed by atoms with Crippen molar-refractivity contribution in [1.82, 2.24) is 9.55 Å². The summed E-state index contributed by atoms with van der Waals surface area (Å²) in [5, 5.41) is 3.27. The lowest BCUT2D eigenvalue weighted by Crippen LogP contribution is -2.18. The highest BCUT2D eigenvalue weighted by Crippen LogP contribution is 2.09. The third-order valence-corrected chi connectivity index (χ3v) is 3.18. The molecule has 0 atom stereocenters. The zero-order valence-electron chi connectivity index (χ0n) is 10.8. The topological polar surface area (TPSA) is 46.9 Å². The van der Waals surface area contributed by atoms with Gasteiger partial charge in [0.25, 0.3) is 5.56 Å². The van der Waals surface area contributed by atoms with E-state index in [9.17, 15) is 4.79 Å². The molecule has 100 valence electrons. The summed E-state index contributed by atoms with van der Waals surface area (Å²) in [6.07, 6.45) is 4.57. The van der Waals surface area contributed by atoms with Crippen molar-refractivity contribution >= 4 is 21.6 Å². The van der Waals surface area contributed by atoms with Crippen LogP contribution in [0.5, 0.6) is 0 Å². The van der Waals surface area contributed by atoms with Gasteiger partial charge >= 0.3 is 0 Å². The first kappa shape index (κ1) is 13.8. The summed E-state index contributed by atoms with van der Waals surface area (Å²) in [7, 11) is 0. The van der Waals surface area contributed by atoms with E-state index in [2.05, 4.69) is 33.2 Å². The molecule has 0 radical (unpaired) electrons. The van der Waals surface area contributed by atoms with E-state index in [0.29, 0.717) is 6.54 Å². The van der Waals surface area contributed by atoms with Crippen molar-refractivity contribution in [2.24, 2.45) is 0 Å². The number of pyridine rings is 2. The molecule has 2 rings (SSSR count). The molecule has 2 heterocycles. The molecule has 0 fully saturated rings. The standard InChI is InChI=1S/C14H16BrN3O/c1-2-7-18-10-13(5-6-14(18)19)17-9-12-4-3-11(15)8-16-12/h3-6,8,10,17H,2,7,9H2,1H3. The number of rotatable bonds is 5. The zero-order valence-corrected chi connectivity index (χ0v) is 12.4. The van der Waals surface area contributed by atoms with Gasteiger partial charge in [-0.05, 0) is 40.5 Å². The van der Waals surface area contributed by atoms with Crippen molar-refractivity contribution in [1.29, 1.82) is 0 Å². The van der Waals surface area contributed by atoms with Crippen LogP contribution < -0.4 is 10.9 Å². The summed E-state index contributed by atoms with van der Waals surface area (Å²) >= 11 is 3.36. The maximum Gasteiger partial charge on any atom is 0.250 e. The molecular weight excluding hydrogens is 306 g/mol. The predicted octanol–water partition coefficient (Wildman–Crippen LogP) is 3.03. The Balaban J connectivity index is 2.05. The monoisotopic (exact) mass is 321 g/mol. The van der Waals surface area contributed by atoms with Crippen LogP contribution in [0.4, 0.5) is 5.69 Å². The van der Waals surface area contributed by atoms with Crippen molar-refractivity contribution in [3.8, 4) is 0 Å². The SMILES string of the molecule is CCCn1cc(NCc2ccc(Br)cn2)ccc1=O. The van der Waals surface area contributed by atoms with Crippen molar-refractivity contribution in [2.75, 3.05) is 5.32 Å². The molecule has 0 bridgehead atoms. The highest BCUT2D eigenvalue weighted by molar-refractivity contribution is 9.10. The van der Waals surface area contributed by atoms with Gasteiger partial charge in [-0.3, -0.25) is 9.78 Å². The normalized spacial score (nSPS) is 10.4. The minimum Gasteiger partial charge on any atom is -0.378 e. The quantitative estimate of drug-likeness (QED) is 0.920. The molecule has 1 N–H and O–H groups in total. The van der Waals surface area contributed by atoms with Crippen molar-refractivity contribution < 1.29 is 0 Å². The van der Waals surface area contributed by atoms with E-state index >= 15 is 0 Å². The fourth-order valence-corrected chi connectivity index (χ4v) is 1.99. The van der Waals surface area contributed by atoms with Crippen molar-refractivity contribution in [2.45, 2.75) is 26.4 Å². The number of nitrogens with zero attached hydrogens (tertiary/aromatic N) is 2. The van der Waals surface area contributed by atoms with Gasteiger partial charge in [-0.15, -0.1) is 0 Å². The van der Waals surface area contributed by atoms with E-state index < -0.39 is 0 Å². The molecule has 19 heavy (non-hydrogen) atoms. The average Bonchev–Trinajstić information content (AvgIpc) is 2.42. The number of aromatic nitrogens is 2. The Kier molecular flexibility index (Phi) is 4.74. The minimum atomic E-state index is 0.0363. The van der Waals surface area contributed by atoms with Gasteiger partial charge in [-0.2, -0.15) is 0 Å². The highest BCUT2D eigenvalue weighted by atomic mass is 79.9. The van der Waals surface area contributed by atoms with Gasteiger partial charge in [-0.1, -0.05) is 6.92 Å². The third-order valence-electron chi connectivity index (χ3n) is 2.71. The molecule has 5 heteroatoms. The van der Waals surface area contributed by atoms with E-state index in [1.54, 1.807) is 22.9 Å². The highest BCUT2D eigenvalue weighted by Gasteiger charge is 1.99. The number of halogens is 1. The van der Waals surface area contributed by atoms with Crippen molar-refractivity contribution in [3.05, 3.63) is 57.2 Å². The molecule has 0 aliphatic carbocycles. The minimum absolute atomic E-state index is 0.0363. The molecular formula is C14H16BrN3O. The number of hydrogen-bond acceptors (Lipinski definition) is 3. The molecule has 0 amide bonds. The van der Waals surface area contributed by atoms with Crippen LogP contribution in [0.2, 0.25) is 0 Å². The molecule has 0 aromatic carbocycles. The van der Waals surface area contributed by atoms with Crippen LogP contribution in [0.3, 0.4) is 0 Å². The van der Waals surface area contributed by atoms with Gasteiger partial charge in [0.2, 0.25) is 0 Å². The predicted molar refractivity (Wildman–Crippen MR) is 80.3 cm³/mol. The second-order valence-corrected chi connectivity index (χ2v) is 5.19. The van der Waals surface area contributed by atoms with Crippen LogP contribution >= 0.6 is 15.9 Å². The van der Waals surface area contributed by atoms with Crippen LogP contribution in [0, 0.1) is 0 Å². The summed E-state index contributed by atoms with van der Waals surface area (Å²) in [5.74, 6) is 0. The largest absolute Gasteiger partial charge is 0.378 e. The second kappa shape index (κ2) is 6.52. The molecule has 0 aliphatic rings. The maximum atomic E-state index is 11.6. The Labute approximate surface area is 120 Å². The zero-order chi connectivity index (χ0) is 13.7. The molecule has 4 nitrogen and oxygen atoms in total. The van der Waals surface area contributed by atoms with E-state index in [1.165, 1.54) is 0 Å². The fourth-order valence-electron chi connectivity index (χ4n) is 1.76. The van der Waals surface area contributed by atoms with E-state index in [4.69, 9.17) is 0 Å². The first-order chi connectivity index (χ1) is 9.19. The van der Waals surface area contributed by atoms with Crippen LogP contribution in [-0.2, 0) is 13.1 Å². The molecule has 0 aliphatic heterocycles. The lowest BCUT2D eigenvalue weighted by Gasteiger charge is -2.09. The van der Waals surface area contributed by atoms with Gasteiger partial charge in [-0.25, -0.2) is 0 Å². The van der Waals surface area contributed by atoms with Crippen molar-refractivity contribution in [3.63, 3.8) is 0 Å². The summed E-state index contributed by atoms with van der Waals surface area (Å²) in [4.78, 5) is 15.9. The molecule has 0 spiro atoms. The molecule has 2 aromatic heterocycles. The van der Waals surface area contributed by atoms with E-state index in [0.717, 1.165) is 28.8 Å². The Morgan fingerprint density at radius 3 is 2.84 bits per heavy atom. The molecule has 0 unspecified atom stereocenters. The molecule has 2 aromatic rings. The smallest absolute Gasteiger partial charge is 0.250 e.